The zero-order valence-corrected chi connectivity index (χ0v) is 14.2. The predicted molar refractivity (Wildman–Crippen MR) is 91.4 cm³/mol. The molecule has 1 aliphatic rings. The summed E-state index contributed by atoms with van der Waals surface area (Å²) in [4.78, 5) is 18.7. The van der Waals surface area contributed by atoms with Crippen LogP contribution in [0, 0.1) is 11.7 Å². The first kappa shape index (κ1) is 17.4. The average molecular weight is 346 g/mol. The maximum absolute atomic E-state index is 14.3. The van der Waals surface area contributed by atoms with Crippen molar-refractivity contribution in [3.05, 3.63) is 53.9 Å². The second-order valence-corrected chi connectivity index (χ2v) is 6.41. The molecule has 2 heterocycles. The van der Waals surface area contributed by atoms with E-state index in [2.05, 4.69) is 10.3 Å². The highest BCUT2D eigenvalue weighted by atomic mass is 19.1. The van der Waals surface area contributed by atoms with Crippen LogP contribution >= 0.6 is 0 Å². The smallest absolute Gasteiger partial charge is 0.318 e. The van der Waals surface area contributed by atoms with Gasteiger partial charge in [0.2, 0.25) is 0 Å². The van der Waals surface area contributed by atoms with Crippen LogP contribution in [0.5, 0.6) is 0 Å². The van der Waals surface area contributed by atoms with E-state index in [1.54, 1.807) is 40.1 Å². The molecule has 1 aromatic carbocycles. The number of benzene rings is 1. The molecule has 0 spiro atoms. The van der Waals surface area contributed by atoms with E-state index in [-0.39, 0.29) is 24.4 Å². The summed E-state index contributed by atoms with van der Waals surface area (Å²) >= 11 is 0. The molecule has 0 aliphatic carbocycles. The van der Waals surface area contributed by atoms with Gasteiger partial charge in [-0.25, -0.2) is 14.2 Å². The molecule has 1 saturated heterocycles. The number of nitrogens with zero attached hydrogens (tertiary/aromatic N) is 3. The third-order valence-electron chi connectivity index (χ3n) is 4.76. The van der Waals surface area contributed by atoms with Gasteiger partial charge in [0.15, 0.2) is 0 Å². The van der Waals surface area contributed by atoms with Gasteiger partial charge >= 0.3 is 6.03 Å². The van der Waals surface area contributed by atoms with Gasteiger partial charge in [-0.1, -0.05) is 18.2 Å². The molecule has 7 heteroatoms. The molecular weight excluding hydrogens is 323 g/mol. The lowest BCUT2D eigenvalue weighted by Gasteiger charge is -2.32. The van der Waals surface area contributed by atoms with Crippen molar-refractivity contribution in [2.75, 3.05) is 19.7 Å². The first-order chi connectivity index (χ1) is 12.1. The largest absolute Gasteiger partial charge is 0.396 e. The summed E-state index contributed by atoms with van der Waals surface area (Å²) in [5.41, 5.74) is 0.385. The highest BCUT2D eigenvalue weighted by molar-refractivity contribution is 5.75. The van der Waals surface area contributed by atoms with Gasteiger partial charge in [-0.2, -0.15) is 0 Å². The van der Waals surface area contributed by atoms with Gasteiger partial charge in [0.05, 0.1) is 0 Å². The fourth-order valence-corrected chi connectivity index (χ4v) is 3.18. The van der Waals surface area contributed by atoms with Crippen LogP contribution < -0.4 is 5.32 Å². The molecule has 1 fully saturated rings. The Morgan fingerprint density at radius 2 is 2.12 bits per heavy atom. The number of aromatic nitrogens is 2. The van der Waals surface area contributed by atoms with Crippen molar-refractivity contribution in [3.63, 3.8) is 0 Å². The molecule has 0 radical (unpaired) electrons. The molecular formula is C18H23FN4O2. The number of amides is 2. The number of imidazole rings is 1. The van der Waals surface area contributed by atoms with E-state index < -0.39 is 6.04 Å². The number of nitrogens with one attached hydrogen (secondary N) is 1. The number of piperidine rings is 1. The van der Waals surface area contributed by atoms with Crippen LogP contribution in [0.1, 0.15) is 30.3 Å². The summed E-state index contributed by atoms with van der Waals surface area (Å²) in [6, 6.07) is 5.50. The van der Waals surface area contributed by atoms with E-state index in [1.807, 2.05) is 7.05 Å². The van der Waals surface area contributed by atoms with E-state index >= 15 is 0 Å². The number of carbonyl (C=O) groups excluding carboxylic acids is 1. The maximum Gasteiger partial charge on any atom is 0.318 e. The third-order valence-corrected chi connectivity index (χ3v) is 4.76. The minimum atomic E-state index is -0.663. The van der Waals surface area contributed by atoms with Crippen molar-refractivity contribution in [1.29, 1.82) is 0 Å². The van der Waals surface area contributed by atoms with Crippen LogP contribution in [0.2, 0.25) is 0 Å². The topological polar surface area (TPSA) is 70.4 Å². The number of aliphatic hydroxyl groups is 1. The molecule has 0 bridgehead atoms. The van der Waals surface area contributed by atoms with Crippen LogP contribution in [0.15, 0.2) is 36.7 Å². The minimum absolute atomic E-state index is 0.153. The summed E-state index contributed by atoms with van der Waals surface area (Å²) in [6.07, 6.45) is 4.94. The lowest BCUT2D eigenvalue weighted by atomic mass is 9.98. The minimum Gasteiger partial charge on any atom is -0.396 e. The van der Waals surface area contributed by atoms with Gasteiger partial charge in [-0.3, -0.25) is 0 Å². The van der Waals surface area contributed by atoms with E-state index in [9.17, 15) is 14.3 Å². The Morgan fingerprint density at radius 1 is 1.40 bits per heavy atom. The number of halogens is 1. The molecule has 25 heavy (non-hydrogen) atoms. The lowest BCUT2D eigenvalue weighted by Crippen LogP contribution is -2.46. The molecule has 2 N–H and O–H groups in total. The second-order valence-electron chi connectivity index (χ2n) is 6.41. The van der Waals surface area contributed by atoms with Gasteiger partial charge in [0, 0.05) is 44.7 Å². The highest BCUT2D eigenvalue weighted by Gasteiger charge is 2.28. The van der Waals surface area contributed by atoms with Crippen LogP contribution in [0.3, 0.4) is 0 Å². The van der Waals surface area contributed by atoms with E-state index in [1.165, 1.54) is 6.07 Å². The number of hydrogen-bond donors (Lipinski definition) is 2. The monoisotopic (exact) mass is 346 g/mol. The van der Waals surface area contributed by atoms with Crippen LogP contribution in [-0.2, 0) is 7.05 Å². The van der Waals surface area contributed by atoms with Crippen molar-refractivity contribution in [1.82, 2.24) is 19.8 Å². The van der Waals surface area contributed by atoms with Gasteiger partial charge < -0.3 is 19.9 Å². The highest BCUT2D eigenvalue weighted by Crippen LogP contribution is 2.24. The van der Waals surface area contributed by atoms with Crippen molar-refractivity contribution in [2.24, 2.45) is 13.0 Å². The molecule has 1 aromatic heterocycles. The first-order valence-corrected chi connectivity index (χ1v) is 8.48. The Hall–Kier alpha value is -2.41. The van der Waals surface area contributed by atoms with Crippen LogP contribution in [0.25, 0.3) is 0 Å². The number of hydrogen-bond acceptors (Lipinski definition) is 3. The Kier molecular flexibility index (Phi) is 5.33. The van der Waals surface area contributed by atoms with Crippen molar-refractivity contribution >= 4 is 6.03 Å². The lowest BCUT2D eigenvalue weighted by molar-refractivity contribution is 0.136. The van der Waals surface area contributed by atoms with E-state index in [4.69, 9.17) is 0 Å². The zero-order chi connectivity index (χ0) is 17.8. The predicted octanol–water partition coefficient (Wildman–Crippen LogP) is 2.06. The second kappa shape index (κ2) is 7.65. The molecule has 2 aromatic rings. The summed E-state index contributed by atoms with van der Waals surface area (Å²) in [5.74, 6) is 0.444. The number of aryl methyl sites for hydroxylation is 1. The molecule has 134 valence electrons. The van der Waals surface area contributed by atoms with Crippen molar-refractivity contribution < 1.29 is 14.3 Å². The van der Waals surface area contributed by atoms with Gasteiger partial charge in [0.25, 0.3) is 0 Å². The molecule has 6 nitrogen and oxygen atoms in total. The Balaban J connectivity index is 1.80. The van der Waals surface area contributed by atoms with Crippen LogP contribution in [0.4, 0.5) is 9.18 Å². The number of carbonyl (C=O) groups is 1. The standard InChI is InChI=1S/C18H23FN4O2/c1-22-11-8-20-17(22)16(14-4-2-3-5-15(14)19)21-18(25)23-9-6-13(12-24)7-10-23/h2-5,8,11,13,16,24H,6-7,9-10,12H2,1H3,(H,21,25). The van der Waals surface area contributed by atoms with Crippen molar-refractivity contribution in [3.8, 4) is 0 Å². The fraction of sp³-hybridized carbons (Fsp3) is 0.444. The summed E-state index contributed by atoms with van der Waals surface area (Å²) in [7, 11) is 1.81. The Bertz CT molecular complexity index is 725. The number of urea groups is 1. The van der Waals surface area contributed by atoms with Crippen LogP contribution in [-0.4, -0.2) is 45.3 Å². The average Bonchev–Trinajstić information content (AvgIpc) is 3.06. The first-order valence-electron chi connectivity index (χ1n) is 8.48. The maximum atomic E-state index is 14.3. The summed E-state index contributed by atoms with van der Waals surface area (Å²) in [5, 5.41) is 12.1. The zero-order valence-electron chi connectivity index (χ0n) is 14.2. The quantitative estimate of drug-likeness (QED) is 0.890. The van der Waals surface area contributed by atoms with E-state index in [0.29, 0.717) is 24.5 Å². The third kappa shape index (κ3) is 3.82. The van der Waals surface area contributed by atoms with Gasteiger partial charge in [-0.15, -0.1) is 0 Å². The van der Waals surface area contributed by atoms with Gasteiger partial charge in [0.1, 0.15) is 17.7 Å². The van der Waals surface area contributed by atoms with Gasteiger partial charge in [-0.05, 0) is 24.8 Å². The summed E-state index contributed by atoms with van der Waals surface area (Å²) in [6.45, 7) is 1.32. The molecule has 1 unspecified atom stereocenters. The Morgan fingerprint density at radius 3 is 2.72 bits per heavy atom. The molecule has 1 aliphatic heterocycles. The van der Waals surface area contributed by atoms with Crippen molar-refractivity contribution in [2.45, 2.75) is 18.9 Å². The molecule has 3 rings (SSSR count). The van der Waals surface area contributed by atoms with E-state index in [0.717, 1.165) is 12.8 Å². The number of aliphatic hydroxyl groups excluding tert-OH is 1. The SMILES string of the molecule is Cn1ccnc1C(NC(=O)N1CCC(CO)CC1)c1ccccc1F. The normalized spacial score (nSPS) is 16.7. The molecule has 2 amide bonds. The molecule has 1 atom stereocenters. The number of rotatable bonds is 4. The fourth-order valence-electron chi connectivity index (χ4n) is 3.18. The number of likely N-dealkylation sites (tertiary alicyclic amines) is 1. The Labute approximate surface area is 146 Å². The molecule has 0 saturated carbocycles. The summed E-state index contributed by atoms with van der Waals surface area (Å²) < 4.78 is 16.1.